The summed E-state index contributed by atoms with van der Waals surface area (Å²) in [6.45, 7) is 6.03. The fourth-order valence-electron chi connectivity index (χ4n) is 3.47. The first-order valence-corrected chi connectivity index (χ1v) is 9.91. The van der Waals surface area contributed by atoms with Gasteiger partial charge in [0.05, 0.1) is 11.1 Å². The third-order valence-electron chi connectivity index (χ3n) is 5.19. The van der Waals surface area contributed by atoms with Crippen molar-refractivity contribution in [2.45, 2.75) is 32.9 Å². The molecule has 0 saturated carbocycles. The summed E-state index contributed by atoms with van der Waals surface area (Å²) in [6, 6.07) is 13.9. The second kappa shape index (κ2) is 8.90. The standard InChI is InChI=1S/C23H24N2O5/c1-4-24(5-2)22(28)19(16-11-7-6-8-12-16)30-23(29)15(3)25-20(26)17-13-9-10-14-18(17)21(25)27/h6-15,19H,4-5H2,1-3H3/t15-,19+/m0/s1. The molecule has 0 aliphatic carbocycles. The molecule has 1 heterocycles. The van der Waals surface area contributed by atoms with Gasteiger partial charge in [0, 0.05) is 18.7 Å². The van der Waals surface area contributed by atoms with Crippen molar-refractivity contribution in [3.05, 3.63) is 71.3 Å². The Morgan fingerprint density at radius 3 is 1.90 bits per heavy atom. The number of ether oxygens (including phenoxy) is 1. The fourth-order valence-corrected chi connectivity index (χ4v) is 3.47. The molecule has 0 spiro atoms. The Morgan fingerprint density at radius 1 is 0.900 bits per heavy atom. The average Bonchev–Trinajstić information content (AvgIpc) is 3.03. The van der Waals surface area contributed by atoms with Crippen molar-refractivity contribution in [2.75, 3.05) is 13.1 Å². The minimum absolute atomic E-state index is 0.251. The summed E-state index contributed by atoms with van der Waals surface area (Å²) in [6.07, 6.45) is -1.16. The van der Waals surface area contributed by atoms with E-state index in [1.165, 1.54) is 6.92 Å². The second-order valence-electron chi connectivity index (χ2n) is 6.94. The molecule has 0 aromatic heterocycles. The van der Waals surface area contributed by atoms with E-state index in [0.29, 0.717) is 18.7 Å². The molecule has 2 aromatic rings. The number of hydrogen-bond acceptors (Lipinski definition) is 5. The van der Waals surface area contributed by atoms with Crippen molar-refractivity contribution < 1.29 is 23.9 Å². The van der Waals surface area contributed by atoms with Gasteiger partial charge < -0.3 is 9.64 Å². The molecule has 2 aromatic carbocycles. The fraction of sp³-hybridized carbons (Fsp3) is 0.304. The Bertz CT molecular complexity index is 934. The molecular weight excluding hydrogens is 384 g/mol. The molecule has 3 amide bonds. The van der Waals surface area contributed by atoms with E-state index in [1.54, 1.807) is 59.5 Å². The van der Waals surface area contributed by atoms with Crippen LogP contribution in [0.15, 0.2) is 54.6 Å². The van der Waals surface area contributed by atoms with E-state index in [0.717, 1.165) is 4.90 Å². The zero-order valence-corrected chi connectivity index (χ0v) is 17.2. The summed E-state index contributed by atoms with van der Waals surface area (Å²) in [5.41, 5.74) is 1.03. The topological polar surface area (TPSA) is 84.0 Å². The average molecular weight is 408 g/mol. The Balaban J connectivity index is 1.85. The second-order valence-corrected chi connectivity index (χ2v) is 6.94. The highest BCUT2D eigenvalue weighted by Gasteiger charge is 2.42. The number of likely N-dealkylation sites (N-methyl/N-ethyl adjacent to an activating group) is 1. The van der Waals surface area contributed by atoms with E-state index in [2.05, 4.69) is 0 Å². The molecule has 0 fully saturated rings. The highest BCUT2D eigenvalue weighted by Crippen LogP contribution is 2.27. The number of carbonyl (C=O) groups excluding carboxylic acids is 4. The number of imide groups is 1. The predicted molar refractivity (Wildman–Crippen MR) is 110 cm³/mol. The van der Waals surface area contributed by atoms with Crippen LogP contribution in [-0.2, 0) is 14.3 Å². The number of hydrogen-bond donors (Lipinski definition) is 0. The molecule has 0 radical (unpaired) electrons. The van der Waals surface area contributed by atoms with Crippen molar-refractivity contribution >= 4 is 23.7 Å². The third kappa shape index (κ3) is 3.83. The van der Waals surface area contributed by atoms with Gasteiger partial charge in [0.15, 0.2) is 0 Å². The van der Waals surface area contributed by atoms with Crippen molar-refractivity contribution in [2.24, 2.45) is 0 Å². The third-order valence-corrected chi connectivity index (χ3v) is 5.19. The van der Waals surface area contributed by atoms with Crippen LogP contribution < -0.4 is 0 Å². The number of fused-ring (bicyclic) bond motifs is 1. The lowest BCUT2D eigenvalue weighted by Gasteiger charge is -2.27. The molecule has 0 N–H and O–H groups in total. The van der Waals surface area contributed by atoms with Crippen LogP contribution in [0.1, 0.15) is 53.2 Å². The lowest BCUT2D eigenvalue weighted by molar-refractivity contribution is -0.163. The number of rotatable bonds is 7. The summed E-state index contributed by atoms with van der Waals surface area (Å²) in [5.74, 6) is -2.27. The van der Waals surface area contributed by atoms with Crippen LogP contribution >= 0.6 is 0 Å². The van der Waals surface area contributed by atoms with Crippen molar-refractivity contribution in [1.82, 2.24) is 9.80 Å². The zero-order valence-electron chi connectivity index (χ0n) is 17.2. The number of carbonyl (C=O) groups is 4. The predicted octanol–water partition coefficient (Wildman–Crippen LogP) is 2.82. The van der Waals surface area contributed by atoms with Gasteiger partial charge in [0.2, 0.25) is 6.10 Å². The van der Waals surface area contributed by atoms with E-state index in [9.17, 15) is 19.2 Å². The molecule has 1 aliphatic heterocycles. The molecule has 2 atom stereocenters. The Hall–Kier alpha value is -3.48. The maximum absolute atomic E-state index is 13.0. The van der Waals surface area contributed by atoms with E-state index >= 15 is 0 Å². The van der Waals surface area contributed by atoms with Gasteiger partial charge in [-0.3, -0.25) is 19.3 Å². The molecule has 0 saturated heterocycles. The quantitative estimate of drug-likeness (QED) is 0.520. The summed E-state index contributed by atoms with van der Waals surface area (Å²) < 4.78 is 5.58. The Kier molecular flexibility index (Phi) is 6.30. The van der Waals surface area contributed by atoms with Crippen LogP contribution in [0, 0.1) is 0 Å². The van der Waals surface area contributed by atoms with E-state index in [-0.39, 0.29) is 17.0 Å². The smallest absolute Gasteiger partial charge is 0.330 e. The van der Waals surface area contributed by atoms with Crippen molar-refractivity contribution in [3.63, 3.8) is 0 Å². The zero-order chi connectivity index (χ0) is 21.8. The van der Waals surface area contributed by atoms with Crippen LogP contribution in [0.2, 0.25) is 0 Å². The monoisotopic (exact) mass is 408 g/mol. The first-order valence-electron chi connectivity index (χ1n) is 9.91. The van der Waals surface area contributed by atoms with Crippen molar-refractivity contribution in [1.29, 1.82) is 0 Å². The molecule has 156 valence electrons. The SMILES string of the molecule is CCN(CC)C(=O)[C@H](OC(=O)[C@H](C)N1C(=O)c2ccccc2C1=O)c1ccccc1. The van der Waals surface area contributed by atoms with Crippen LogP contribution in [0.3, 0.4) is 0 Å². The van der Waals surface area contributed by atoms with E-state index in [4.69, 9.17) is 4.74 Å². The molecule has 3 rings (SSSR count). The van der Waals surface area contributed by atoms with Gasteiger partial charge in [0.1, 0.15) is 6.04 Å². The Morgan fingerprint density at radius 2 is 1.40 bits per heavy atom. The van der Waals surface area contributed by atoms with Gasteiger partial charge in [-0.05, 0) is 32.9 Å². The highest BCUT2D eigenvalue weighted by molar-refractivity contribution is 6.22. The summed E-state index contributed by atoms with van der Waals surface area (Å²) in [4.78, 5) is 53.7. The largest absolute Gasteiger partial charge is 0.446 e. The number of esters is 1. The van der Waals surface area contributed by atoms with Crippen LogP contribution in [0.5, 0.6) is 0 Å². The molecule has 7 nitrogen and oxygen atoms in total. The first-order chi connectivity index (χ1) is 14.4. The normalized spacial score (nSPS) is 14.8. The summed E-state index contributed by atoms with van der Waals surface area (Å²) in [7, 11) is 0. The molecule has 7 heteroatoms. The maximum Gasteiger partial charge on any atom is 0.330 e. The first kappa shape index (κ1) is 21.2. The number of benzene rings is 2. The summed E-state index contributed by atoms with van der Waals surface area (Å²) >= 11 is 0. The molecule has 1 aliphatic rings. The molecular formula is C23H24N2O5. The van der Waals surface area contributed by atoms with Crippen molar-refractivity contribution in [3.8, 4) is 0 Å². The van der Waals surface area contributed by atoms with Crippen LogP contribution in [0.25, 0.3) is 0 Å². The van der Waals surface area contributed by atoms with Gasteiger partial charge >= 0.3 is 5.97 Å². The van der Waals surface area contributed by atoms with Crippen LogP contribution in [-0.4, -0.2) is 52.6 Å². The minimum atomic E-state index is -1.17. The lowest BCUT2D eigenvalue weighted by Crippen LogP contribution is -2.45. The summed E-state index contributed by atoms with van der Waals surface area (Å²) in [5, 5.41) is 0. The Labute approximate surface area is 175 Å². The highest BCUT2D eigenvalue weighted by atomic mass is 16.6. The molecule has 0 unspecified atom stereocenters. The van der Waals surface area contributed by atoms with E-state index < -0.39 is 29.9 Å². The van der Waals surface area contributed by atoms with Gasteiger partial charge in [-0.1, -0.05) is 42.5 Å². The number of amides is 3. The van der Waals surface area contributed by atoms with Gasteiger partial charge in [-0.25, -0.2) is 4.79 Å². The van der Waals surface area contributed by atoms with Gasteiger partial charge in [-0.15, -0.1) is 0 Å². The minimum Gasteiger partial charge on any atom is -0.446 e. The lowest BCUT2D eigenvalue weighted by atomic mass is 10.1. The maximum atomic E-state index is 13.0. The van der Waals surface area contributed by atoms with Gasteiger partial charge in [0.25, 0.3) is 17.7 Å². The number of nitrogens with zero attached hydrogens (tertiary/aromatic N) is 2. The van der Waals surface area contributed by atoms with Gasteiger partial charge in [-0.2, -0.15) is 0 Å². The molecule has 30 heavy (non-hydrogen) atoms. The van der Waals surface area contributed by atoms with E-state index in [1.807, 2.05) is 13.8 Å². The molecule has 0 bridgehead atoms. The van der Waals surface area contributed by atoms with Crippen LogP contribution in [0.4, 0.5) is 0 Å².